The molecule has 0 amide bonds. The predicted octanol–water partition coefficient (Wildman–Crippen LogP) is 6.26. The first-order valence-corrected chi connectivity index (χ1v) is 9.89. The van der Waals surface area contributed by atoms with Crippen LogP contribution in [0.4, 0.5) is 0 Å². The number of ether oxygens (including phenoxy) is 2. The Hall–Kier alpha value is -3.46. The summed E-state index contributed by atoms with van der Waals surface area (Å²) < 4.78 is 14.4. The highest BCUT2D eigenvalue weighted by Gasteiger charge is 2.11. The Morgan fingerprint density at radius 2 is 1.14 bits per heavy atom. The van der Waals surface area contributed by atoms with E-state index < -0.39 is 0 Å². The van der Waals surface area contributed by atoms with E-state index in [-0.39, 0.29) is 6.04 Å². The molecular weight excluding hydrogens is 358 g/mol. The van der Waals surface area contributed by atoms with Gasteiger partial charge in [0.25, 0.3) is 0 Å². The predicted molar refractivity (Wildman–Crippen MR) is 116 cm³/mol. The molecule has 0 fully saturated rings. The molecule has 0 saturated carbocycles. The quantitative estimate of drug-likeness (QED) is 0.359. The van der Waals surface area contributed by atoms with Crippen molar-refractivity contribution < 1.29 is 9.47 Å². The summed E-state index contributed by atoms with van der Waals surface area (Å²) in [7, 11) is 0. The van der Waals surface area contributed by atoms with Crippen LogP contribution < -0.4 is 9.47 Å². The van der Waals surface area contributed by atoms with Crippen molar-refractivity contribution in [1.29, 1.82) is 0 Å². The van der Waals surface area contributed by atoms with E-state index in [2.05, 4.69) is 60.3 Å². The van der Waals surface area contributed by atoms with E-state index in [0.29, 0.717) is 13.2 Å². The molecule has 4 rings (SSSR count). The number of rotatable bonds is 8. The Labute approximate surface area is 172 Å². The molecule has 1 unspecified atom stereocenters. The van der Waals surface area contributed by atoms with Crippen LogP contribution in [-0.2, 0) is 13.2 Å². The number of hydrogen-bond donors (Lipinski definition) is 0. The van der Waals surface area contributed by atoms with Crippen LogP contribution in [0.15, 0.2) is 103 Å². The number of aromatic nitrogens is 1. The van der Waals surface area contributed by atoms with Crippen LogP contribution in [-0.4, -0.2) is 4.57 Å². The zero-order valence-electron chi connectivity index (χ0n) is 16.6. The lowest BCUT2D eigenvalue weighted by atomic mass is 10.1. The fourth-order valence-electron chi connectivity index (χ4n) is 3.26. The summed E-state index contributed by atoms with van der Waals surface area (Å²) in [6.07, 6.45) is 4.15. The lowest BCUT2D eigenvalue weighted by molar-refractivity contribution is 0.289. The molecule has 0 spiro atoms. The molecular formula is C26H25NO2. The molecule has 0 aliphatic heterocycles. The average Bonchev–Trinajstić information content (AvgIpc) is 3.32. The van der Waals surface area contributed by atoms with Crippen LogP contribution in [0, 0.1) is 0 Å². The maximum Gasteiger partial charge on any atom is 0.123 e. The third-order valence-corrected chi connectivity index (χ3v) is 4.96. The third kappa shape index (κ3) is 5.08. The van der Waals surface area contributed by atoms with Gasteiger partial charge in [-0.3, -0.25) is 0 Å². The highest BCUT2D eigenvalue weighted by Crippen LogP contribution is 2.29. The molecule has 29 heavy (non-hydrogen) atoms. The molecule has 4 aromatic rings. The Kier molecular flexibility index (Phi) is 5.96. The molecule has 1 aromatic heterocycles. The summed E-state index contributed by atoms with van der Waals surface area (Å²) in [5, 5.41) is 0. The van der Waals surface area contributed by atoms with Crippen LogP contribution in [0.1, 0.15) is 29.7 Å². The van der Waals surface area contributed by atoms with Gasteiger partial charge in [-0.15, -0.1) is 0 Å². The van der Waals surface area contributed by atoms with Crippen LogP contribution >= 0.6 is 0 Å². The molecule has 0 bridgehead atoms. The lowest BCUT2D eigenvalue weighted by Gasteiger charge is -2.18. The second-order valence-corrected chi connectivity index (χ2v) is 7.09. The first kappa shape index (κ1) is 18.9. The largest absolute Gasteiger partial charge is 0.489 e. The Morgan fingerprint density at radius 1 is 0.655 bits per heavy atom. The molecule has 3 heteroatoms. The van der Waals surface area contributed by atoms with E-state index >= 15 is 0 Å². The number of hydrogen-bond acceptors (Lipinski definition) is 2. The summed E-state index contributed by atoms with van der Waals surface area (Å²) in [5.41, 5.74) is 3.43. The van der Waals surface area contributed by atoms with Crippen LogP contribution in [0.3, 0.4) is 0 Å². The van der Waals surface area contributed by atoms with E-state index in [1.54, 1.807) is 0 Å². The number of nitrogens with zero attached hydrogens (tertiary/aromatic N) is 1. The third-order valence-electron chi connectivity index (χ3n) is 4.96. The van der Waals surface area contributed by atoms with Gasteiger partial charge in [-0.25, -0.2) is 0 Å². The molecule has 0 radical (unpaired) electrons. The lowest BCUT2D eigenvalue weighted by Crippen LogP contribution is -2.06. The first-order chi connectivity index (χ1) is 14.3. The standard InChI is InChI=1S/C26H25NO2/c1-21(27-14-8-9-15-27)24-16-25(28-19-22-10-4-2-5-11-22)18-26(17-24)29-20-23-12-6-3-7-13-23/h2-18,21H,19-20H2,1H3. The van der Waals surface area contributed by atoms with Crippen molar-refractivity contribution in [2.24, 2.45) is 0 Å². The molecule has 1 atom stereocenters. The van der Waals surface area contributed by atoms with E-state index in [0.717, 1.165) is 28.2 Å². The second-order valence-electron chi connectivity index (χ2n) is 7.09. The van der Waals surface area contributed by atoms with Gasteiger partial charge < -0.3 is 14.0 Å². The van der Waals surface area contributed by atoms with Crippen LogP contribution in [0.2, 0.25) is 0 Å². The van der Waals surface area contributed by atoms with Crippen molar-refractivity contribution in [1.82, 2.24) is 4.57 Å². The zero-order chi connectivity index (χ0) is 19.9. The molecule has 3 nitrogen and oxygen atoms in total. The van der Waals surface area contributed by atoms with Gasteiger partial charge in [0.15, 0.2) is 0 Å². The monoisotopic (exact) mass is 383 g/mol. The van der Waals surface area contributed by atoms with Crippen molar-refractivity contribution in [3.63, 3.8) is 0 Å². The minimum absolute atomic E-state index is 0.185. The molecule has 0 saturated heterocycles. The summed E-state index contributed by atoms with van der Waals surface area (Å²) in [6.45, 7) is 3.23. The van der Waals surface area contributed by atoms with Gasteiger partial charge in [-0.05, 0) is 47.9 Å². The molecule has 0 N–H and O–H groups in total. The van der Waals surface area contributed by atoms with Crippen molar-refractivity contribution in [3.8, 4) is 11.5 Å². The average molecular weight is 383 g/mol. The summed E-state index contributed by atoms with van der Waals surface area (Å²) in [6, 6.07) is 30.8. The molecule has 0 aliphatic carbocycles. The van der Waals surface area contributed by atoms with Gasteiger partial charge in [0.1, 0.15) is 24.7 Å². The van der Waals surface area contributed by atoms with Crippen molar-refractivity contribution in [2.45, 2.75) is 26.2 Å². The molecule has 1 heterocycles. The van der Waals surface area contributed by atoms with Crippen molar-refractivity contribution in [2.75, 3.05) is 0 Å². The van der Waals surface area contributed by atoms with Gasteiger partial charge in [0, 0.05) is 18.5 Å². The Balaban J connectivity index is 1.56. The van der Waals surface area contributed by atoms with Gasteiger partial charge in [-0.2, -0.15) is 0 Å². The maximum absolute atomic E-state index is 6.10. The van der Waals surface area contributed by atoms with Crippen molar-refractivity contribution >= 4 is 0 Å². The van der Waals surface area contributed by atoms with Crippen LogP contribution in [0.5, 0.6) is 11.5 Å². The smallest absolute Gasteiger partial charge is 0.123 e. The molecule has 0 aliphatic rings. The highest BCUT2D eigenvalue weighted by atomic mass is 16.5. The first-order valence-electron chi connectivity index (χ1n) is 9.89. The van der Waals surface area contributed by atoms with Gasteiger partial charge in [0.2, 0.25) is 0 Å². The topological polar surface area (TPSA) is 23.4 Å². The summed E-state index contributed by atoms with van der Waals surface area (Å²) >= 11 is 0. The van der Waals surface area contributed by atoms with E-state index in [4.69, 9.17) is 9.47 Å². The maximum atomic E-state index is 6.10. The number of benzene rings is 3. The van der Waals surface area contributed by atoms with E-state index in [1.807, 2.05) is 54.6 Å². The second kappa shape index (κ2) is 9.16. The minimum Gasteiger partial charge on any atom is -0.489 e. The fraction of sp³-hybridized carbons (Fsp3) is 0.154. The van der Waals surface area contributed by atoms with Crippen molar-refractivity contribution in [3.05, 3.63) is 120 Å². The zero-order valence-corrected chi connectivity index (χ0v) is 16.6. The van der Waals surface area contributed by atoms with Gasteiger partial charge in [0.05, 0.1) is 6.04 Å². The Morgan fingerprint density at radius 3 is 1.62 bits per heavy atom. The molecule has 3 aromatic carbocycles. The van der Waals surface area contributed by atoms with E-state index in [9.17, 15) is 0 Å². The van der Waals surface area contributed by atoms with E-state index in [1.165, 1.54) is 0 Å². The molecule has 146 valence electrons. The fourth-order valence-corrected chi connectivity index (χ4v) is 3.26. The van der Waals surface area contributed by atoms with Gasteiger partial charge >= 0.3 is 0 Å². The Bertz CT molecular complexity index is 950. The van der Waals surface area contributed by atoms with Gasteiger partial charge in [-0.1, -0.05) is 60.7 Å². The highest BCUT2D eigenvalue weighted by molar-refractivity contribution is 5.40. The normalized spacial score (nSPS) is 11.8. The SMILES string of the molecule is CC(c1cc(OCc2ccccc2)cc(OCc2ccccc2)c1)n1cccc1. The van der Waals surface area contributed by atoms with Crippen LogP contribution in [0.25, 0.3) is 0 Å². The summed E-state index contributed by atoms with van der Waals surface area (Å²) in [4.78, 5) is 0. The minimum atomic E-state index is 0.185. The summed E-state index contributed by atoms with van der Waals surface area (Å²) in [5.74, 6) is 1.63.